The Labute approximate surface area is 155 Å². The number of hydrogen-bond acceptors (Lipinski definition) is 3. The molecule has 3 rings (SSSR count). The summed E-state index contributed by atoms with van der Waals surface area (Å²) in [4.78, 5) is 28.5. The molecule has 1 saturated carbocycles. The zero-order valence-electron chi connectivity index (χ0n) is 14.7. The monoisotopic (exact) mass is 366 g/mol. The van der Waals surface area contributed by atoms with E-state index < -0.39 is 5.54 Å². The molecule has 0 spiro atoms. The Balaban J connectivity index is 0.00000225. The second-order valence-electron chi connectivity index (χ2n) is 6.94. The second kappa shape index (κ2) is 8.06. The van der Waals surface area contributed by atoms with Crippen LogP contribution in [-0.4, -0.2) is 53.5 Å². The number of aryl methyl sites for hydroxylation is 1. The number of nitrogens with zero attached hydrogens (tertiary/aromatic N) is 2. The summed E-state index contributed by atoms with van der Waals surface area (Å²) in [7, 11) is 0. The second-order valence-corrected chi connectivity index (χ2v) is 6.94. The van der Waals surface area contributed by atoms with Crippen molar-refractivity contribution in [3.63, 3.8) is 0 Å². The predicted octanol–water partition coefficient (Wildman–Crippen LogP) is 2.36. The lowest BCUT2D eigenvalue weighted by molar-refractivity contribution is -0.138. The Morgan fingerprint density at radius 3 is 2.28 bits per heavy atom. The molecule has 2 fully saturated rings. The van der Waals surface area contributed by atoms with Crippen molar-refractivity contribution in [2.45, 2.75) is 38.1 Å². The van der Waals surface area contributed by atoms with Gasteiger partial charge in [0.25, 0.3) is 0 Å². The SMILES string of the molecule is Cc1cccc(NC(=O)N2CCN(C(=O)C3(N)CCCC3)CC2)c1.Cl. The van der Waals surface area contributed by atoms with Gasteiger partial charge in [0, 0.05) is 31.9 Å². The molecule has 138 valence electrons. The van der Waals surface area contributed by atoms with Crippen molar-refractivity contribution in [3.8, 4) is 0 Å². The number of urea groups is 1. The number of carbonyl (C=O) groups excluding carboxylic acids is 2. The van der Waals surface area contributed by atoms with Crippen LogP contribution < -0.4 is 11.1 Å². The fraction of sp³-hybridized carbons (Fsp3) is 0.556. The average molecular weight is 367 g/mol. The molecule has 0 unspecified atom stereocenters. The summed E-state index contributed by atoms with van der Waals surface area (Å²) < 4.78 is 0. The van der Waals surface area contributed by atoms with Gasteiger partial charge in [-0.15, -0.1) is 12.4 Å². The maximum Gasteiger partial charge on any atom is 0.321 e. The van der Waals surface area contributed by atoms with Crippen LogP contribution in [0, 0.1) is 6.92 Å². The third kappa shape index (κ3) is 4.44. The molecule has 0 aromatic heterocycles. The fourth-order valence-electron chi connectivity index (χ4n) is 3.57. The van der Waals surface area contributed by atoms with Gasteiger partial charge >= 0.3 is 6.03 Å². The number of nitrogens with one attached hydrogen (secondary N) is 1. The van der Waals surface area contributed by atoms with Gasteiger partial charge in [-0.25, -0.2) is 4.79 Å². The predicted molar refractivity (Wildman–Crippen MR) is 101 cm³/mol. The van der Waals surface area contributed by atoms with Crippen molar-refractivity contribution < 1.29 is 9.59 Å². The van der Waals surface area contributed by atoms with Crippen LogP contribution in [0.15, 0.2) is 24.3 Å². The van der Waals surface area contributed by atoms with E-state index in [1.54, 1.807) is 4.90 Å². The molecule has 7 heteroatoms. The molecule has 0 atom stereocenters. The molecule has 1 aliphatic heterocycles. The standard InChI is InChI=1S/C18H26N4O2.ClH/c1-14-5-4-6-15(13-14)20-17(24)22-11-9-21(10-12-22)16(23)18(19)7-2-3-8-18;/h4-6,13H,2-3,7-12,19H2,1H3,(H,20,24);1H. The number of halogens is 1. The lowest BCUT2D eigenvalue weighted by Crippen LogP contribution is -2.59. The van der Waals surface area contributed by atoms with E-state index in [4.69, 9.17) is 5.73 Å². The number of nitrogens with two attached hydrogens (primary N) is 1. The highest BCUT2D eigenvalue weighted by molar-refractivity contribution is 5.90. The summed E-state index contributed by atoms with van der Waals surface area (Å²) in [6, 6.07) is 7.62. The van der Waals surface area contributed by atoms with Crippen LogP contribution in [0.25, 0.3) is 0 Å². The number of amides is 3. The van der Waals surface area contributed by atoms with Crippen molar-refractivity contribution in [1.82, 2.24) is 9.80 Å². The molecular weight excluding hydrogens is 340 g/mol. The minimum Gasteiger partial charge on any atom is -0.338 e. The van der Waals surface area contributed by atoms with Crippen molar-refractivity contribution in [1.29, 1.82) is 0 Å². The Kier molecular flexibility index (Phi) is 6.30. The Hall–Kier alpha value is -1.79. The minimum absolute atomic E-state index is 0. The first-order valence-electron chi connectivity index (χ1n) is 8.69. The highest BCUT2D eigenvalue weighted by Crippen LogP contribution is 2.29. The molecule has 0 bridgehead atoms. The summed E-state index contributed by atoms with van der Waals surface area (Å²) in [6.45, 7) is 4.18. The molecule has 1 aromatic carbocycles. The van der Waals surface area contributed by atoms with Crippen LogP contribution in [0.3, 0.4) is 0 Å². The van der Waals surface area contributed by atoms with Gasteiger partial charge in [0.2, 0.25) is 5.91 Å². The van der Waals surface area contributed by atoms with Crippen LogP contribution in [-0.2, 0) is 4.79 Å². The molecule has 3 N–H and O–H groups in total. The first-order valence-corrected chi connectivity index (χ1v) is 8.69. The van der Waals surface area contributed by atoms with E-state index in [-0.39, 0.29) is 24.3 Å². The molecule has 1 aliphatic carbocycles. The van der Waals surface area contributed by atoms with Gasteiger partial charge in [-0.3, -0.25) is 4.79 Å². The number of benzene rings is 1. The van der Waals surface area contributed by atoms with Crippen LogP contribution >= 0.6 is 12.4 Å². The first-order chi connectivity index (χ1) is 11.5. The maximum atomic E-state index is 12.6. The van der Waals surface area contributed by atoms with Gasteiger partial charge in [-0.05, 0) is 37.5 Å². The van der Waals surface area contributed by atoms with E-state index in [2.05, 4.69) is 5.32 Å². The third-order valence-electron chi connectivity index (χ3n) is 5.05. The third-order valence-corrected chi connectivity index (χ3v) is 5.05. The van der Waals surface area contributed by atoms with E-state index in [1.807, 2.05) is 36.1 Å². The lowest BCUT2D eigenvalue weighted by Gasteiger charge is -2.38. The Bertz CT molecular complexity index is 623. The smallest absolute Gasteiger partial charge is 0.321 e. The number of carbonyl (C=O) groups is 2. The summed E-state index contributed by atoms with van der Waals surface area (Å²) in [6.07, 6.45) is 3.61. The molecule has 2 aliphatic rings. The topological polar surface area (TPSA) is 78.7 Å². The average Bonchev–Trinajstić information content (AvgIpc) is 3.02. The molecule has 1 saturated heterocycles. The van der Waals surface area contributed by atoms with Crippen LogP contribution in [0.1, 0.15) is 31.2 Å². The normalized spacial score (nSPS) is 19.3. The zero-order chi connectivity index (χ0) is 17.2. The van der Waals surface area contributed by atoms with E-state index in [0.29, 0.717) is 26.2 Å². The van der Waals surface area contributed by atoms with Gasteiger partial charge in [-0.2, -0.15) is 0 Å². The highest BCUT2D eigenvalue weighted by atomic mass is 35.5. The first kappa shape index (κ1) is 19.5. The molecule has 3 amide bonds. The van der Waals surface area contributed by atoms with E-state index >= 15 is 0 Å². The maximum absolute atomic E-state index is 12.6. The largest absolute Gasteiger partial charge is 0.338 e. The number of rotatable bonds is 2. The lowest BCUT2D eigenvalue weighted by atomic mass is 9.97. The van der Waals surface area contributed by atoms with Crippen molar-refractivity contribution in [2.24, 2.45) is 5.73 Å². The van der Waals surface area contributed by atoms with Crippen molar-refractivity contribution >= 4 is 30.0 Å². The molecule has 6 nitrogen and oxygen atoms in total. The Morgan fingerprint density at radius 2 is 1.68 bits per heavy atom. The van der Waals surface area contributed by atoms with Gasteiger partial charge < -0.3 is 20.9 Å². The van der Waals surface area contributed by atoms with Gasteiger partial charge in [0.05, 0.1) is 5.54 Å². The summed E-state index contributed by atoms with van der Waals surface area (Å²) in [5.74, 6) is 0.0544. The Morgan fingerprint density at radius 1 is 1.08 bits per heavy atom. The quantitative estimate of drug-likeness (QED) is 0.843. The van der Waals surface area contributed by atoms with Crippen LogP contribution in [0.2, 0.25) is 0 Å². The van der Waals surface area contributed by atoms with Crippen molar-refractivity contribution in [2.75, 3.05) is 31.5 Å². The summed E-state index contributed by atoms with van der Waals surface area (Å²) >= 11 is 0. The molecule has 1 heterocycles. The van der Waals surface area contributed by atoms with E-state index in [1.165, 1.54) is 0 Å². The van der Waals surface area contributed by atoms with Crippen LogP contribution in [0.4, 0.5) is 10.5 Å². The van der Waals surface area contributed by atoms with Gasteiger partial charge in [-0.1, -0.05) is 25.0 Å². The summed E-state index contributed by atoms with van der Waals surface area (Å²) in [5.41, 5.74) is 7.49. The molecule has 0 radical (unpaired) electrons. The van der Waals surface area contributed by atoms with Gasteiger partial charge in [0.1, 0.15) is 0 Å². The summed E-state index contributed by atoms with van der Waals surface area (Å²) in [5, 5.41) is 2.92. The number of hydrogen-bond donors (Lipinski definition) is 2. The van der Waals surface area contributed by atoms with Crippen molar-refractivity contribution in [3.05, 3.63) is 29.8 Å². The fourth-order valence-corrected chi connectivity index (χ4v) is 3.57. The van der Waals surface area contributed by atoms with Gasteiger partial charge in [0.15, 0.2) is 0 Å². The molecule has 25 heavy (non-hydrogen) atoms. The minimum atomic E-state index is -0.675. The van der Waals surface area contributed by atoms with E-state index in [9.17, 15) is 9.59 Å². The van der Waals surface area contributed by atoms with E-state index in [0.717, 1.165) is 36.9 Å². The number of piperazine rings is 1. The highest BCUT2D eigenvalue weighted by Gasteiger charge is 2.40. The molecule has 1 aromatic rings. The molecular formula is C18H27ClN4O2. The number of anilines is 1. The van der Waals surface area contributed by atoms with Crippen LogP contribution in [0.5, 0.6) is 0 Å². The zero-order valence-corrected chi connectivity index (χ0v) is 15.5.